The Kier molecular flexibility index (Phi) is 10.8. The average molecular weight is 821 g/mol. The monoisotopic (exact) mass is 820 g/mol. The van der Waals surface area contributed by atoms with E-state index in [1.165, 1.54) is 14.2 Å². The molecule has 4 atom stereocenters. The van der Waals surface area contributed by atoms with Crippen LogP contribution < -0.4 is 16.3 Å². The zero-order valence-corrected chi connectivity index (χ0v) is 34.3. The number of furan rings is 1. The fraction of sp³-hybridized carbons (Fsp3) is 0.419. The van der Waals surface area contributed by atoms with E-state index in [-0.39, 0.29) is 35.7 Å². The van der Waals surface area contributed by atoms with Crippen molar-refractivity contribution in [3.05, 3.63) is 70.9 Å². The SMILES string of the molecule is COC(=O)NC(C(=O)N1CCCC1c1ncc(-c2ccc3c(c2)oc(=O)c2c4cc(-c5cnc(C6CCCN6C(=O)C(NC(=O)OC)C(C)C)[nH]5)ccc4oc32)[nH]1)C(C)C. The molecule has 4 N–H and O–H groups in total. The lowest BCUT2D eigenvalue weighted by atomic mass is 10.0. The van der Waals surface area contributed by atoms with E-state index in [0.717, 1.165) is 24.0 Å². The van der Waals surface area contributed by atoms with Gasteiger partial charge in [0.1, 0.15) is 40.3 Å². The first-order valence-electron chi connectivity index (χ1n) is 20.2. The minimum Gasteiger partial charge on any atom is -0.455 e. The highest BCUT2D eigenvalue weighted by atomic mass is 16.5. The number of hydrogen-bond donors (Lipinski definition) is 4. The van der Waals surface area contributed by atoms with Gasteiger partial charge < -0.3 is 48.7 Å². The third-order valence-electron chi connectivity index (χ3n) is 11.6. The molecule has 2 fully saturated rings. The number of H-pyrrole nitrogens is 2. The molecule has 2 saturated heterocycles. The van der Waals surface area contributed by atoms with Crippen LogP contribution in [0.25, 0.3) is 55.4 Å². The summed E-state index contributed by atoms with van der Waals surface area (Å²) >= 11 is 0. The van der Waals surface area contributed by atoms with Crippen molar-refractivity contribution < 1.29 is 37.5 Å². The van der Waals surface area contributed by atoms with Crippen molar-refractivity contribution in [1.29, 1.82) is 0 Å². The Bertz CT molecular complexity index is 2670. The molecule has 0 saturated carbocycles. The minimum absolute atomic E-state index is 0.153. The van der Waals surface area contributed by atoms with E-state index >= 15 is 0 Å². The number of methoxy groups -OCH3 is 2. The summed E-state index contributed by atoms with van der Waals surface area (Å²) in [5.74, 6) is 0.543. The fourth-order valence-corrected chi connectivity index (χ4v) is 8.46. The maximum atomic E-state index is 13.7. The van der Waals surface area contributed by atoms with Gasteiger partial charge in [0.25, 0.3) is 0 Å². The second kappa shape index (κ2) is 16.2. The Morgan fingerprint density at radius 3 is 1.75 bits per heavy atom. The molecule has 0 radical (unpaired) electrons. The molecule has 314 valence electrons. The van der Waals surface area contributed by atoms with Gasteiger partial charge in [0.15, 0.2) is 5.58 Å². The predicted molar refractivity (Wildman–Crippen MR) is 221 cm³/mol. The highest BCUT2D eigenvalue weighted by Crippen LogP contribution is 2.38. The Morgan fingerprint density at radius 2 is 1.23 bits per heavy atom. The third kappa shape index (κ3) is 7.32. The van der Waals surface area contributed by atoms with Gasteiger partial charge in [0.05, 0.1) is 55.5 Å². The maximum absolute atomic E-state index is 13.7. The van der Waals surface area contributed by atoms with Gasteiger partial charge in [-0.1, -0.05) is 33.8 Å². The summed E-state index contributed by atoms with van der Waals surface area (Å²) in [4.78, 5) is 84.5. The molecule has 2 aliphatic rings. The molecule has 6 aromatic rings. The maximum Gasteiger partial charge on any atom is 0.407 e. The van der Waals surface area contributed by atoms with Gasteiger partial charge in [-0.3, -0.25) is 9.59 Å². The quantitative estimate of drug-likeness (QED) is 0.109. The summed E-state index contributed by atoms with van der Waals surface area (Å²) in [7, 11) is 2.53. The van der Waals surface area contributed by atoms with E-state index in [0.29, 0.717) is 81.9 Å². The van der Waals surface area contributed by atoms with Crippen molar-refractivity contribution in [3.8, 4) is 22.5 Å². The van der Waals surface area contributed by atoms with E-state index in [1.54, 1.807) is 34.3 Å². The first-order valence-corrected chi connectivity index (χ1v) is 20.2. The summed E-state index contributed by atoms with van der Waals surface area (Å²) in [6.07, 6.45) is 5.07. The van der Waals surface area contributed by atoms with Gasteiger partial charge in [-0.15, -0.1) is 0 Å². The van der Waals surface area contributed by atoms with E-state index in [1.807, 2.05) is 52.0 Å². The molecule has 8 rings (SSSR count). The lowest BCUT2D eigenvalue weighted by Crippen LogP contribution is -2.51. The number of hydrogen-bond acceptors (Lipinski definition) is 11. The molecular weight excluding hydrogens is 773 g/mol. The number of likely N-dealkylation sites (tertiary alicyclic amines) is 2. The van der Waals surface area contributed by atoms with Crippen LogP contribution >= 0.6 is 0 Å². The van der Waals surface area contributed by atoms with Crippen LogP contribution in [0.2, 0.25) is 0 Å². The van der Waals surface area contributed by atoms with E-state index < -0.39 is 29.9 Å². The molecule has 60 heavy (non-hydrogen) atoms. The average Bonchev–Trinajstić information content (AvgIpc) is 4.09. The zero-order chi connectivity index (χ0) is 42.4. The van der Waals surface area contributed by atoms with Crippen LogP contribution in [0.15, 0.2) is 62.4 Å². The van der Waals surface area contributed by atoms with Gasteiger partial charge >= 0.3 is 17.8 Å². The molecule has 4 amide bonds. The first-order chi connectivity index (χ1) is 28.9. The van der Waals surface area contributed by atoms with E-state index in [2.05, 4.69) is 30.6 Å². The fourth-order valence-electron chi connectivity index (χ4n) is 8.46. The van der Waals surface area contributed by atoms with E-state index in [4.69, 9.17) is 18.3 Å². The Hall–Kier alpha value is -6.65. The lowest BCUT2D eigenvalue weighted by Gasteiger charge is -2.30. The number of alkyl carbamates (subject to hydrolysis) is 2. The van der Waals surface area contributed by atoms with Crippen LogP contribution in [0.1, 0.15) is 77.1 Å². The van der Waals surface area contributed by atoms with Crippen molar-refractivity contribution >= 4 is 56.9 Å². The largest absolute Gasteiger partial charge is 0.455 e. The van der Waals surface area contributed by atoms with Gasteiger partial charge in [-0.05, 0) is 67.9 Å². The number of amides is 4. The standard InChI is InChI=1S/C43H48N8O9/c1-21(2)34(48-42(55)57-5)39(52)50-15-7-9-29(50)37-44-19-27(46-37)23-12-14-31-26(17-23)33-36(59-31)25-13-11-24(18-32(25)60-41(33)54)28-20-45-38(47-28)30-10-8-16-51(30)40(53)35(22(3)4)49-43(56)58-6/h11-14,17-22,29-30,34-35H,7-10,15-16H2,1-6H3,(H,44,46)(H,45,47)(H,48,55)(H,49,56). The number of rotatable bonds is 10. The zero-order valence-electron chi connectivity index (χ0n) is 34.3. The number of nitrogens with zero attached hydrogens (tertiary/aromatic N) is 4. The van der Waals surface area contributed by atoms with E-state index in [9.17, 15) is 24.0 Å². The van der Waals surface area contributed by atoms with Crippen LogP contribution in [0.5, 0.6) is 0 Å². The van der Waals surface area contributed by atoms with Gasteiger partial charge in [0, 0.05) is 29.6 Å². The number of fused-ring (bicyclic) bond motifs is 5. The van der Waals surface area contributed by atoms with Gasteiger partial charge in [-0.2, -0.15) is 0 Å². The normalized spacial score (nSPS) is 17.9. The number of aromatic nitrogens is 4. The molecule has 0 spiro atoms. The van der Waals surface area contributed by atoms with Crippen molar-refractivity contribution in [3.63, 3.8) is 0 Å². The van der Waals surface area contributed by atoms with Crippen molar-refractivity contribution in [2.24, 2.45) is 11.8 Å². The van der Waals surface area contributed by atoms with Crippen molar-refractivity contribution in [2.75, 3.05) is 27.3 Å². The number of benzene rings is 2. The van der Waals surface area contributed by atoms with Crippen LogP contribution in [0.3, 0.4) is 0 Å². The number of nitrogens with one attached hydrogen (secondary N) is 4. The second-order valence-corrected chi connectivity index (χ2v) is 16.1. The van der Waals surface area contributed by atoms with Crippen LogP contribution in [-0.2, 0) is 19.1 Å². The first kappa shape index (κ1) is 40.1. The molecule has 17 nitrogen and oxygen atoms in total. The summed E-state index contributed by atoms with van der Waals surface area (Å²) in [6.45, 7) is 8.55. The third-order valence-corrected chi connectivity index (χ3v) is 11.6. The Balaban J connectivity index is 1.04. The minimum atomic E-state index is -0.745. The molecule has 0 aliphatic carbocycles. The van der Waals surface area contributed by atoms with Crippen LogP contribution in [0, 0.1) is 11.8 Å². The molecule has 6 heterocycles. The molecular formula is C43H48N8O9. The predicted octanol–water partition coefficient (Wildman–Crippen LogP) is 6.56. The molecule has 4 aromatic heterocycles. The molecule has 0 bridgehead atoms. The van der Waals surface area contributed by atoms with Crippen molar-refractivity contribution in [1.82, 2.24) is 40.4 Å². The summed E-state index contributed by atoms with van der Waals surface area (Å²) in [6, 6.07) is 8.94. The highest BCUT2D eigenvalue weighted by molar-refractivity contribution is 6.13. The Morgan fingerprint density at radius 1 is 0.717 bits per heavy atom. The van der Waals surface area contributed by atoms with Crippen LogP contribution in [-0.4, -0.2) is 93.1 Å². The topological polar surface area (TPSA) is 218 Å². The summed E-state index contributed by atoms with van der Waals surface area (Å²) < 4.78 is 21.7. The highest BCUT2D eigenvalue weighted by Gasteiger charge is 2.39. The molecule has 2 aromatic carbocycles. The smallest absolute Gasteiger partial charge is 0.407 e. The molecule has 2 aliphatic heterocycles. The van der Waals surface area contributed by atoms with Gasteiger partial charge in [-0.25, -0.2) is 24.4 Å². The lowest BCUT2D eigenvalue weighted by molar-refractivity contribution is -0.136. The van der Waals surface area contributed by atoms with Crippen molar-refractivity contribution in [2.45, 2.75) is 77.5 Å². The molecule has 17 heteroatoms. The number of aromatic amines is 2. The summed E-state index contributed by atoms with van der Waals surface area (Å²) in [5.41, 5.74) is 3.56. The Labute approximate surface area is 344 Å². The number of carbonyl (C=O) groups is 4. The number of carbonyl (C=O) groups excluding carboxylic acids is 4. The van der Waals surface area contributed by atoms with Crippen LogP contribution in [0.4, 0.5) is 9.59 Å². The number of ether oxygens (including phenoxy) is 2. The molecule has 4 unspecified atom stereocenters. The second-order valence-electron chi connectivity index (χ2n) is 16.1. The number of imidazole rings is 2. The summed E-state index contributed by atoms with van der Waals surface area (Å²) in [5, 5.41) is 6.86. The van der Waals surface area contributed by atoms with Gasteiger partial charge in [0.2, 0.25) is 11.8 Å².